The first kappa shape index (κ1) is 15.0. The van der Waals surface area contributed by atoms with Gasteiger partial charge in [-0.1, -0.05) is 30.3 Å². The molecule has 1 fully saturated rings. The molecule has 124 valence electrons. The second kappa shape index (κ2) is 6.49. The van der Waals surface area contributed by atoms with Crippen molar-refractivity contribution in [2.45, 2.75) is 12.8 Å². The van der Waals surface area contributed by atoms with Crippen LogP contribution in [-0.2, 0) is 0 Å². The molecule has 0 atom stereocenters. The smallest absolute Gasteiger partial charge is 0.222 e. The first-order valence-corrected chi connectivity index (χ1v) is 8.36. The van der Waals surface area contributed by atoms with Crippen LogP contribution in [0.15, 0.2) is 36.5 Å². The van der Waals surface area contributed by atoms with Gasteiger partial charge in [0.05, 0.1) is 11.1 Å². The van der Waals surface area contributed by atoms with E-state index in [9.17, 15) is 0 Å². The van der Waals surface area contributed by atoms with Crippen LogP contribution in [0.5, 0.6) is 5.75 Å². The van der Waals surface area contributed by atoms with Gasteiger partial charge in [0.15, 0.2) is 0 Å². The SMILES string of the molecule is Nc1nc(-c2ccccc2)c2c(OCCN3CCCC3)c[nH]c2n1. The van der Waals surface area contributed by atoms with Crippen molar-refractivity contribution in [1.29, 1.82) is 0 Å². The molecule has 4 rings (SSSR count). The highest BCUT2D eigenvalue weighted by Crippen LogP contribution is 2.33. The van der Waals surface area contributed by atoms with Crippen LogP contribution in [0.3, 0.4) is 0 Å². The number of nitrogen functional groups attached to an aromatic ring is 1. The number of fused-ring (bicyclic) bond motifs is 1. The van der Waals surface area contributed by atoms with Crippen LogP contribution in [0.25, 0.3) is 22.3 Å². The quantitative estimate of drug-likeness (QED) is 0.754. The van der Waals surface area contributed by atoms with E-state index in [0.29, 0.717) is 12.3 Å². The Morgan fingerprint density at radius 2 is 1.92 bits per heavy atom. The number of H-pyrrole nitrogens is 1. The van der Waals surface area contributed by atoms with Crippen LogP contribution in [-0.4, -0.2) is 46.1 Å². The lowest BCUT2D eigenvalue weighted by Gasteiger charge is -2.14. The Morgan fingerprint density at radius 1 is 1.12 bits per heavy atom. The molecule has 24 heavy (non-hydrogen) atoms. The summed E-state index contributed by atoms with van der Waals surface area (Å²) in [4.78, 5) is 14.3. The normalized spacial score (nSPS) is 15.2. The Kier molecular flexibility index (Phi) is 4.04. The number of nitrogens with one attached hydrogen (secondary N) is 1. The van der Waals surface area contributed by atoms with Gasteiger partial charge < -0.3 is 15.5 Å². The number of ether oxygens (including phenoxy) is 1. The third-order valence-electron chi connectivity index (χ3n) is 4.42. The molecule has 6 nitrogen and oxygen atoms in total. The van der Waals surface area contributed by atoms with E-state index in [1.807, 2.05) is 36.5 Å². The monoisotopic (exact) mass is 323 g/mol. The fraction of sp³-hybridized carbons (Fsp3) is 0.333. The number of nitrogens with zero attached hydrogens (tertiary/aromatic N) is 3. The van der Waals surface area contributed by atoms with Gasteiger partial charge in [-0.15, -0.1) is 0 Å². The van der Waals surface area contributed by atoms with E-state index in [4.69, 9.17) is 10.5 Å². The molecule has 0 spiro atoms. The number of aromatic amines is 1. The topological polar surface area (TPSA) is 80.1 Å². The van der Waals surface area contributed by atoms with E-state index < -0.39 is 0 Å². The molecule has 1 aromatic carbocycles. The summed E-state index contributed by atoms with van der Waals surface area (Å²) in [6.45, 7) is 3.95. The van der Waals surface area contributed by atoms with E-state index in [1.165, 1.54) is 25.9 Å². The maximum absolute atomic E-state index is 6.03. The Labute approximate surface area is 140 Å². The molecular weight excluding hydrogens is 302 g/mol. The number of hydrogen-bond donors (Lipinski definition) is 2. The average molecular weight is 323 g/mol. The molecule has 0 unspecified atom stereocenters. The molecule has 1 aliphatic heterocycles. The minimum atomic E-state index is 0.256. The summed E-state index contributed by atoms with van der Waals surface area (Å²) in [7, 11) is 0. The third kappa shape index (κ3) is 2.92. The van der Waals surface area contributed by atoms with Crippen molar-refractivity contribution >= 4 is 17.0 Å². The van der Waals surface area contributed by atoms with E-state index >= 15 is 0 Å². The van der Waals surface area contributed by atoms with Gasteiger partial charge in [-0.25, -0.2) is 4.98 Å². The van der Waals surface area contributed by atoms with E-state index in [2.05, 4.69) is 19.9 Å². The Morgan fingerprint density at radius 3 is 2.71 bits per heavy atom. The summed E-state index contributed by atoms with van der Waals surface area (Å²) in [5, 5.41) is 0.886. The molecule has 6 heteroatoms. The van der Waals surface area contributed by atoms with Crippen LogP contribution in [0, 0.1) is 0 Å². The molecule has 0 amide bonds. The van der Waals surface area contributed by atoms with Crippen molar-refractivity contribution in [3.8, 4) is 17.0 Å². The maximum Gasteiger partial charge on any atom is 0.222 e. The van der Waals surface area contributed by atoms with E-state index in [0.717, 1.165) is 28.9 Å². The highest BCUT2D eigenvalue weighted by atomic mass is 16.5. The lowest BCUT2D eigenvalue weighted by atomic mass is 10.1. The fourth-order valence-electron chi connectivity index (χ4n) is 3.23. The molecule has 0 aliphatic carbocycles. The number of benzene rings is 1. The first-order chi connectivity index (χ1) is 11.8. The van der Waals surface area contributed by atoms with Gasteiger partial charge >= 0.3 is 0 Å². The zero-order chi connectivity index (χ0) is 16.4. The van der Waals surface area contributed by atoms with Crippen LogP contribution < -0.4 is 10.5 Å². The second-order valence-corrected chi connectivity index (χ2v) is 6.07. The molecule has 3 heterocycles. The van der Waals surface area contributed by atoms with Crippen molar-refractivity contribution < 1.29 is 4.74 Å². The van der Waals surface area contributed by atoms with Gasteiger partial charge in [-0.05, 0) is 25.9 Å². The summed E-state index contributed by atoms with van der Waals surface area (Å²) in [6.07, 6.45) is 4.42. The Bertz CT molecular complexity index is 824. The van der Waals surface area contributed by atoms with Crippen LogP contribution >= 0.6 is 0 Å². The highest BCUT2D eigenvalue weighted by molar-refractivity contribution is 5.96. The maximum atomic E-state index is 6.03. The largest absolute Gasteiger partial charge is 0.490 e. The minimum Gasteiger partial charge on any atom is -0.490 e. The number of anilines is 1. The van der Waals surface area contributed by atoms with Crippen molar-refractivity contribution in [3.05, 3.63) is 36.5 Å². The van der Waals surface area contributed by atoms with Gasteiger partial charge in [0.2, 0.25) is 5.95 Å². The Balaban J connectivity index is 1.64. The molecule has 0 bridgehead atoms. The van der Waals surface area contributed by atoms with Crippen LogP contribution in [0.2, 0.25) is 0 Å². The van der Waals surface area contributed by atoms with Crippen molar-refractivity contribution in [3.63, 3.8) is 0 Å². The van der Waals surface area contributed by atoms with E-state index in [-0.39, 0.29) is 5.95 Å². The van der Waals surface area contributed by atoms with Gasteiger partial charge in [-0.2, -0.15) is 4.98 Å². The zero-order valence-corrected chi connectivity index (χ0v) is 13.5. The highest BCUT2D eigenvalue weighted by Gasteiger charge is 2.16. The van der Waals surface area contributed by atoms with Crippen molar-refractivity contribution in [2.24, 2.45) is 0 Å². The van der Waals surface area contributed by atoms with Crippen LogP contribution in [0.4, 0.5) is 5.95 Å². The molecule has 3 aromatic rings. The first-order valence-electron chi connectivity index (χ1n) is 8.36. The molecule has 0 radical (unpaired) electrons. The zero-order valence-electron chi connectivity index (χ0n) is 13.5. The third-order valence-corrected chi connectivity index (χ3v) is 4.42. The van der Waals surface area contributed by atoms with Gasteiger partial charge in [0.25, 0.3) is 0 Å². The van der Waals surface area contributed by atoms with Crippen molar-refractivity contribution in [1.82, 2.24) is 19.9 Å². The van der Waals surface area contributed by atoms with E-state index in [1.54, 1.807) is 0 Å². The second-order valence-electron chi connectivity index (χ2n) is 6.07. The number of aromatic nitrogens is 3. The predicted molar refractivity (Wildman–Crippen MR) is 94.9 cm³/mol. The van der Waals surface area contributed by atoms with Gasteiger partial charge in [0, 0.05) is 18.3 Å². The predicted octanol–water partition coefficient (Wildman–Crippen LogP) is 2.68. The lowest BCUT2D eigenvalue weighted by molar-refractivity contribution is 0.239. The minimum absolute atomic E-state index is 0.256. The summed E-state index contributed by atoms with van der Waals surface area (Å²) < 4.78 is 6.03. The molecular formula is C18H21N5O. The summed E-state index contributed by atoms with van der Waals surface area (Å²) in [5.41, 5.74) is 8.37. The molecule has 0 saturated carbocycles. The Hall–Kier alpha value is -2.60. The number of rotatable bonds is 5. The number of likely N-dealkylation sites (tertiary alicyclic amines) is 1. The summed E-state index contributed by atoms with van der Waals surface area (Å²) >= 11 is 0. The standard InChI is InChI=1S/C18H21N5O/c19-18-21-16(13-6-2-1-3-7-13)15-14(12-20-17(15)22-18)24-11-10-23-8-4-5-9-23/h1-3,6-7,12H,4-5,8-11H2,(H3,19,20,21,22). The number of nitrogens with two attached hydrogens (primary N) is 1. The number of hydrogen-bond acceptors (Lipinski definition) is 5. The summed E-state index contributed by atoms with van der Waals surface area (Å²) in [6, 6.07) is 9.99. The summed E-state index contributed by atoms with van der Waals surface area (Å²) in [5.74, 6) is 1.04. The molecule has 2 aromatic heterocycles. The molecule has 3 N–H and O–H groups in total. The fourth-order valence-corrected chi connectivity index (χ4v) is 3.23. The lowest BCUT2D eigenvalue weighted by Crippen LogP contribution is -2.25. The molecule has 1 aliphatic rings. The average Bonchev–Trinajstić information content (AvgIpc) is 3.25. The van der Waals surface area contributed by atoms with Gasteiger partial charge in [-0.3, -0.25) is 4.90 Å². The molecule has 1 saturated heterocycles. The van der Waals surface area contributed by atoms with Gasteiger partial charge in [0.1, 0.15) is 18.0 Å². The van der Waals surface area contributed by atoms with Crippen molar-refractivity contribution in [2.75, 3.05) is 32.0 Å². The van der Waals surface area contributed by atoms with Crippen LogP contribution in [0.1, 0.15) is 12.8 Å².